The minimum Gasteiger partial charge on any atom is -0.310 e. The third-order valence-electron chi connectivity index (χ3n) is 7.59. The fourth-order valence-electron chi connectivity index (χ4n) is 5.87. The van der Waals surface area contributed by atoms with Crippen molar-refractivity contribution in [1.29, 1.82) is 0 Å². The first kappa shape index (κ1) is 21.4. The van der Waals surface area contributed by atoms with E-state index in [-0.39, 0.29) is 0 Å². The predicted molar refractivity (Wildman–Crippen MR) is 167 cm³/mol. The summed E-state index contributed by atoms with van der Waals surface area (Å²) in [6.07, 6.45) is 0. The molecule has 1 aromatic heterocycles. The maximum absolute atomic E-state index is 2.33. The van der Waals surface area contributed by atoms with Crippen LogP contribution in [0.15, 0.2) is 140 Å². The Morgan fingerprint density at radius 3 is 1.71 bits per heavy atom. The standard InChI is InChI=1S/C36H23NS/c1-3-9-27(10-4-1)37(28-11-5-2-6-12-28)29-20-22-30-26(23-29)18-17-24-15-16-25-19-21-32-31-13-7-8-14-33(31)38-36(32)35(25)34(24)30/h1-23H. The van der Waals surface area contributed by atoms with Crippen LogP contribution in [0.4, 0.5) is 17.1 Å². The van der Waals surface area contributed by atoms with Gasteiger partial charge in [-0.3, -0.25) is 0 Å². The van der Waals surface area contributed by atoms with Gasteiger partial charge in [-0.1, -0.05) is 97.1 Å². The molecule has 8 aromatic rings. The Bertz CT molecular complexity index is 2090. The Balaban J connectivity index is 1.43. The van der Waals surface area contributed by atoms with Crippen molar-refractivity contribution in [3.05, 3.63) is 140 Å². The summed E-state index contributed by atoms with van der Waals surface area (Å²) in [5.74, 6) is 0. The van der Waals surface area contributed by atoms with Crippen LogP contribution in [-0.2, 0) is 0 Å². The average Bonchev–Trinajstić information content (AvgIpc) is 3.37. The molecule has 0 fully saturated rings. The van der Waals surface area contributed by atoms with Gasteiger partial charge in [0.1, 0.15) is 0 Å². The number of fused-ring (bicyclic) bond motifs is 9. The lowest BCUT2D eigenvalue weighted by atomic mass is 9.95. The number of para-hydroxylation sites is 2. The highest BCUT2D eigenvalue weighted by Gasteiger charge is 2.15. The molecule has 2 heteroatoms. The molecule has 0 saturated carbocycles. The zero-order valence-electron chi connectivity index (χ0n) is 20.6. The molecule has 178 valence electrons. The van der Waals surface area contributed by atoms with E-state index in [9.17, 15) is 0 Å². The number of anilines is 3. The van der Waals surface area contributed by atoms with Crippen LogP contribution < -0.4 is 4.90 Å². The van der Waals surface area contributed by atoms with Gasteiger partial charge >= 0.3 is 0 Å². The van der Waals surface area contributed by atoms with Crippen LogP contribution in [-0.4, -0.2) is 0 Å². The van der Waals surface area contributed by atoms with Gasteiger partial charge in [-0.15, -0.1) is 11.3 Å². The average molecular weight is 502 g/mol. The van der Waals surface area contributed by atoms with Crippen LogP contribution in [0.5, 0.6) is 0 Å². The molecular formula is C36H23NS. The molecule has 0 amide bonds. The van der Waals surface area contributed by atoms with Crippen LogP contribution in [0.25, 0.3) is 52.5 Å². The molecular weight excluding hydrogens is 478 g/mol. The lowest BCUT2D eigenvalue weighted by Crippen LogP contribution is -2.09. The minimum atomic E-state index is 1.15. The zero-order chi connectivity index (χ0) is 25.1. The summed E-state index contributed by atoms with van der Waals surface area (Å²) in [5.41, 5.74) is 3.45. The molecule has 0 radical (unpaired) electrons. The van der Waals surface area contributed by atoms with Crippen LogP contribution in [0.2, 0.25) is 0 Å². The Kier molecular flexibility index (Phi) is 4.76. The molecule has 0 aliphatic heterocycles. The predicted octanol–water partition coefficient (Wildman–Crippen LogP) is 11.0. The second-order valence-corrected chi connectivity index (χ2v) is 10.8. The molecule has 0 unspecified atom stereocenters. The third-order valence-corrected chi connectivity index (χ3v) is 8.80. The van der Waals surface area contributed by atoms with E-state index in [1.54, 1.807) is 0 Å². The SMILES string of the molecule is c1ccc(N(c2ccccc2)c2ccc3c(ccc4ccc5ccc6c7ccccc7sc6c5c43)c2)cc1. The van der Waals surface area contributed by atoms with Crippen LogP contribution in [0.3, 0.4) is 0 Å². The molecule has 0 aliphatic carbocycles. The second kappa shape index (κ2) is 8.44. The van der Waals surface area contributed by atoms with Crippen molar-refractivity contribution in [2.45, 2.75) is 0 Å². The van der Waals surface area contributed by atoms with Crippen LogP contribution >= 0.6 is 11.3 Å². The van der Waals surface area contributed by atoms with Crippen LogP contribution in [0.1, 0.15) is 0 Å². The molecule has 0 aliphatic rings. The van der Waals surface area contributed by atoms with Crippen molar-refractivity contribution in [2.24, 2.45) is 0 Å². The third kappa shape index (κ3) is 3.24. The molecule has 0 atom stereocenters. The molecule has 1 heterocycles. The van der Waals surface area contributed by atoms with E-state index in [4.69, 9.17) is 0 Å². The van der Waals surface area contributed by atoms with Gasteiger partial charge in [0.25, 0.3) is 0 Å². The van der Waals surface area contributed by atoms with Gasteiger partial charge in [0, 0.05) is 42.6 Å². The zero-order valence-corrected chi connectivity index (χ0v) is 21.5. The van der Waals surface area contributed by atoms with Crippen molar-refractivity contribution < 1.29 is 0 Å². The lowest BCUT2D eigenvalue weighted by molar-refractivity contribution is 1.29. The molecule has 0 spiro atoms. The van der Waals surface area contributed by atoms with Gasteiger partial charge in [0.15, 0.2) is 0 Å². The number of rotatable bonds is 3. The van der Waals surface area contributed by atoms with Crippen molar-refractivity contribution >= 4 is 80.9 Å². The molecule has 8 rings (SSSR count). The van der Waals surface area contributed by atoms with Gasteiger partial charge in [0.05, 0.1) is 0 Å². The first-order valence-electron chi connectivity index (χ1n) is 12.9. The van der Waals surface area contributed by atoms with Crippen molar-refractivity contribution in [3.8, 4) is 0 Å². The van der Waals surface area contributed by atoms with Gasteiger partial charge in [-0.25, -0.2) is 0 Å². The van der Waals surface area contributed by atoms with E-state index in [1.807, 2.05) is 11.3 Å². The Hall–Kier alpha value is -4.66. The highest BCUT2D eigenvalue weighted by molar-refractivity contribution is 7.26. The first-order valence-corrected chi connectivity index (χ1v) is 13.8. The first-order chi connectivity index (χ1) is 18.8. The summed E-state index contributed by atoms with van der Waals surface area (Å²) < 4.78 is 2.72. The smallest absolute Gasteiger partial charge is 0.0468 e. The Labute approximate surface area is 224 Å². The lowest BCUT2D eigenvalue weighted by Gasteiger charge is -2.26. The van der Waals surface area contributed by atoms with E-state index in [2.05, 4.69) is 144 Å². The van der Waals surface area contributed by atoms with Gasteiger partial charge in [-0.2, -0.15) is 0 Å². The summed E-state index contributed by atoms with van der Waals surface area (Å²) >= 11 is 1.91. The Morgan fingerprint density at radius 1 is 0.395 bits per heavy atom. The van der Waals surface area contributed by atoms with Crippen molar-refractivity contribution in [2.75, 3.05) is 4.90 Å². The van der Waals surface area contributed by atoms with E-state index < -0.39 is 0 Å². The number of hydrogen-bond donors (Lipinski definition) is 0. The summed E-state index contributed by atoms with van der Waals surface area (Å²) in [7, 11) is 0. The van der Waals surface area contributed by atoms with Gasteiger partial charge in [0.2, 0.25) is 0 Å². The normalized spacial score (nSPS) is 11.7. The number of benzene rings is 7. The molecule has 0 bridgehead atoms. The highest BCUT2D eigenvalue weighted by atomic mass is 32.1. The van der Waals surface area contributed by atoms with Crippen molar-refractivity contribution in [1.82, 2.24) is 0 Å². The second-order valence-electron chi connectivity index (χ2n) is 9.78. The quantitative estimate of drug-likeness (QED) is 0.218. The molecule has 1 nitrogen and oxygen atoms in total. The maximum Gasteiger partial charge on any atom is 0.0468 e. The summed E-state index contributed by atoms with van der Waals surface area (Å²) in [6, 6.07) is 50.6. The Morgan fingerprint density at radius 2 is 0.974 bits per heavy atom. The molecule has 0 saturated heterocycles. The van der Waals surface area contributed by atoms with Crippen LogP contribution in [0, 0.1) is 0 Å². The van der Waals surface area contributed by atoms with E-state index in [0.717, 1.165) is 17.1 Å². The molecule has 38 heavy (non-hydrogen) atoms. The highest BCUT2D eigenvalue weighted by Crippen LogP contribution is 2.44. The summed E-state index contributed by atoms with van der Waals surface area (Å²) in [6.45, 7) is 0. The van der Waals surface area contributed by atoms with Gasteiger partial charge < -0.3 is 4.90 Å². The number of nitrogens with zero attached hydrogens (tertiary/aromatic N) is 1. The maximum atomic E-state index is 2.33. The van der Waals surface area contributed by atoms with Gasteiger partial charge in [-0.05, 0) is 69.4 Å². The molecule has 0 N–H and O–H groups in total. The largest absolute Gasteiger partial charge is 0.310 e. The number of hydrogen-bond acceptors (Lipinski definition) is 2. The summed E-state index contributed by atoms with van der Waals surface area (Å²) in [5, 5.41) is 10.5. The monoisotopic (exact) mass is 501 g/mol. The van der Waals surface area contributed by atoms with E-state index >= 15 is 0 Å². The topological polar surface area (TPSA) is 3.24 Å². The minimum absolute atomic E-state index is 1.15. The fraction of sp³-hybridized carbons (Fsp3) is 0. The van der Waals surface area contributed by atoms with Crippen molar-refractivity contribution in [3.63, 3.8) is 0 Å². The summed E-state index contributed by atoms with van der Waals surface area (Å²) in [4.78, 5) is 2.33. The fourth-order valence-corrected chi connectivity index (χ4v) is 7.14. The van der Waals surface area contributed by atoms with E-state index in [1.165, 1.54) is 52.5 Å². The van der Waals surface area contributed by atoms with E-state index in [0.29, 0.717) is 0 Å². The number of thiophene rings is 1. The molecule has 7 aromatic carbocycles.